The molecule has 0 aliphatic carbocycles. The van der Waals surface area contributed by atoms with Gasteiger partial charge in [0.1, 0.15) is 25.2 Å². The van der Waals surface area contributed by atoms with Crippen molar-refractivity contribution in [1.29, 1.82) is 0 Å². The van der Waals surface area contributed by atoms with Gasteiger partial charge in [0, 0.05) is 12.1 Å². The largest absolute Gasteiger partial charge is 0.492 e. The Kier molecular flexibility index (Phi) is 8.30. The quantitative estimate of drug-likeness (QED) is 0.441. The summed E-state index contributed by atoms with van der Waals surface area (Å²) in [4.78, 5) is 38.4. The summed E-state index contributed by atoms with van der Waals surface area (Å²) in [6.45, 7) is -0.0300. The number of amides is 2. The van der Waals surface area contributed by atoms with E-state index in [2.05, 4.69) is 20.8 Å². The van der Waals surface area contributed by atoms with E-state index in [4.69, 9.17) is 21.1 Å². The number of hydrogen-bond acceptors (Lipinski definition) is 8. The van der Waals surface area contributed by atoms with Gasteiger partial charge in [-0.2, -0.15) is 0 Å². The molecule has 1 aromatic heterocycles. The summed E-state index contributed by atoms with van der Waals surface area (Å²) >= 11 is 5.83. The second kappa shape index (κ2) is 11.6. The van der Waals surface area contributed by atoms with Gasteiger partial charge in [0.25, 0.3) is 5.91 Å². The molecule has 0 unspecified atom stereocenters. The smallest absolute Gasteiger partial charge is 0.340 e. The van der Waals surface area contributed by atoms with Crippen LogP contribution in [0.1, 0.15) is 10.4 Å². The van der Waals surface area contributed by atoms with Gasteiger partial charge in [-0.05, 0) is 46.8 Å². The first kappa shape index (κ1) is 23.7. The molecule has 0 aliphatic rings. The lowest BCUT2D eigenvalue weighted by Crippen LogP contribution is -2.34. The zero-order valence-corrected chi connectivity index (χ0v) is 18.4. The zero-order valence-electron chi connectivity index (χ0n) is 17.7. The predicted octanol–water partition coefficient (Wildman–Crippen LogP) is 1.66. The summed E-state index contributed by atoms with van der Waals surface area (Å²) in [6.07, 6.45) is 1.29. The van der Waals surface area contributed by atoms with Gasteiger partial charge in [-0.15, -0.1) is 5.10 Å². The fourth-order valence-electron chi connectivity index (χ4n) is 2.63. The number of halogens is 1. The van der Waals surface area contributed by atoms with Crippen LogP contribution in [0.5, 0.6) is 5.75 Å². The average molecular weight is 473 g/mol. The van der Waals surface area contributed by atoms with Crippen LogP contribution in [0.15, 0.2) is 54.9 Å². The van der Waals surface area contributed by atoms with E-state index in [9.17, 15) is 14.4 Å². The number of esters is 1. The van der Waals surface area contributed by atoms with Crippen LogP contribution < -0.4 is 10.1 Å². The van der Waals surface area contributed by atoms with Crippen molar-refractivity contribution in [2.45, 2.75) is 6.54 Å². The van der Waals surface area contributed by atoms with Crippen LogP contribution in [-0.2, 0) is 20.9 Å². The molecule has 172 valence electrons. The molecule has 0 fully saturated rings. The molecule has 2 aromatic carbocycles. The average Bonchev–Trinajstić information content (AvgIpc) is 3.31. The monoisotopic (exact) mass is 472 g/mol. The lowest BCUT2D eigenvalue weighted by Gasteiger charge is -2.18. The first-order valence-corrected chi connectivity index (χ1v) is 10.2. The number of anilines is 1. The van der Waals surface area contributed by atoms with Crippen LogP contribution >= 0.6 is 11.6 Å². The molecule has 3 aromatic rings. The van der Waals surface area contributed by atoms with Gasteiger partial charge in [-0.1, -0.05) is 23.7 Å². The maximum atomic E-state index is 12.5. The highest BCUT2D eigenvalue weighted by atomic mass is 35.5. The molecule has 0 saturated heterocycles. The van der Waals surface area contributed by atoms with Crippen molar-refractivity contribution in [1.82, 2.24) is 25.1 Å². The summed E-state index contributed by atoms with van der Waals surface area (Å²) in [6, 6.07) is 13.2. The van der Waals surface area contributed by atoms with Crippen molar-refractivity contribution >= 4 is 35.1 Å². The van der Waals surface area contributed by atoms with Crippen molar-refractivity contribution in [2.24, 2.45) is 0 Å². The molecule has 11 nitrogen and oxygen atoms in total. The molecule has 0 spiro atoms. The Hall–Kier alpha value is -3.99. The van der Waals surface area contributed by atoms with Crippen LogP contribution in [-0.4, -0.2) is 69.7 Å². The molecular formula is C21H21ClN6O5. The molecule has 0 radical (unpaired) electrons. The third-order valence-electron chi connectivity index (χ3n) is 4.38. The highest BCUT2D eigenvalue weighted by Crippen LogP contribution is 2.17. The van der Waals surface area contributed by atoms with E-state index >= 15 is 0 Å². The molecule has 33 heavy (non-hydrogen) atoms. The van der Waals surface area contributed by atoms with Gasteiger partial charge in [-0.3, -0.25) is 9.59 Å². The van der Waals surface area contributed by atoms with Gasteiger partial charge >= 0.3 is 5.97 Å². The lowest BCUT2D eigenvalue weighted by atomic mass is 10.2. The second-order valence-corrected chi connectivity index (χ2v) is 7.23. The molecule has 0 saturated carbocycles. The van der Waals surface area contributed by atoms with E-state index < -0.39 is 24.4 Å². The van der Waals surface area contributed by atoms with Crippen LogP contribution in [0.25, 0.3) is 0 Å². The molecule has 1 N–H and O–H groups in total. The van der Waals surface area contributed by atoms with Gasteiger partial charge in [0.05, 0.1) is 17.8 Å². The van der Waals surface area contributed by atoms with Crippen molar-refractivity contribution in [2.75, 3.05) is 32.1 Å². The normalized spacial score (nSPS) is 10.4. The van der Waals surface area contributed by atoms with E-state index in [1.807, 2.05) is 0 Å². The third kappa shape index (κ3) is 7.28. The molecular weight excluding hydrogens is 452 g/mol. The second-order valence-electron chi connectivity index (χ2n) is 6.79. The fourth-order valence-corrected chi connectivity index (χ4v) is 2.76. The molecule has 1 heterocycles. The van der Waals surface area contributed by atoms with Gasteiger partial charge in [0.15, 0.2) is 6.61 Å². The van der Waals surface area contributed by atoms with Crippen molar-refractivity contribution in [3.63, 3.8) is 0 Å². The summed E-state index contributed by atoms with van der Waals surface area (Å²) in [5.74, 6) is -0.944. The maximum absolute atomic E-state index is 12.5. The van der Waals surface area contributed by atoms with Crippen LogP contribution in [0.2, 0.25) is 5.02 Å². The third-order valence-corrected chi connectivity index (χ3v) is 4.63. The number of carbonyl (C=O) groups excluding carboxylic acids is 3. The minimum absolute atomic E-state index is 0.115. The zero-order chi connectivity index (χ0) is 23.6. The highest BCUT2D eigenvalue weighted by molar-refractivity contribution is 6.30. The van der Waals surface area contributed by atoms with Crippen molar-refractivity contribution in [3.05, 3.63) is 65.4 Å². The number of tetrazole rings is 1. The summed E-state index contributed by atoms with van der Waals surface area (Å²) in [5.41, 5.74) is 0.363. The van der Waals surface area contributed by atoms with Crippen LogP contribution in [0.4, 0.5) is 5.69 Å². The minimum Gasteiger partial charge on any atom is -0.492 e. The number of rotatable bonds is 10. The molecule has 3 rings (SSSR count). The number of benzene rings is 2. The van der Waals surface area contributed by atoms with E-state index in [-0.39, 0.29) is 24.4 Å². The summed E-state index contributed by atoms with van der Waals surface area (Å²) in [5, 5.41) is 13.7. The number of para-hydroxylation sites is 1. The first-order chi connectivity index (χ1) is 15.9. The van der Waals surface area contributed by atoms with Crippen molar-refractivity contribution in [3.8, 4) is 5.75 Å². The topological polar surface area (TPSA) is 129 Å². The number of carbonyl (C=O) groups is 3. The Bertz CT molecular complexity index is 1090. The lowest BCUT2D eigenvalue weighted by molar-refractivity contribution is -0.133. The Morgan fingerprint density at radius 3 is 2.61 bits per heavy atom. The number of hydrogen-bond donors (Lipinski definition) is 1. The van der Waals surface area contributed by atoms with E-state index in [1.165, 1.54) is 22.0 Å². The van der Waals surface area contributed by atoms with Crippen LogP contribution in [0, 0.1) is 0 Å². The molecule has 2 amide bonds. The number of aromatic nitrogens is 4. The molecule has 12 heteroatoms. The number of ether oxygens (including phenoxy) is 2. The van der Waals surface area contributed by atoms with Crippen molar-refractivity contribution < 1.29 is 23.9 Å². The number of nitrogens with zero attached hydrogens (tertiary/aromatic N) is 5. The van der Waals surface area contributed by atoms with Crippen LogP contribution in [0.3, 0.4) is 0 Å². The first-order valence-electron chi connectivity index (χ1n) is 9.81. The highest BCUT2D eigenvalue weighted by Gasteiger charge is 2.17. The van der Waals surface area contributed by atoms with Gasteiger partial charge in [-0.25, -0.2) is 9.48 Å². The van der Waals surface area contributed by atoms with E-state index in [0.29, 0.717) is 17.3 Å². The predicted molar refractivity (Wildman–Crippen MR) is 118 cm³/mol. The molecule has 0 aliphatic heterocycles. The number of likely N-dealkylation sites (N-methyl/N-ethyl adjacent to an activating group) is 1. The van der Waals surface area contributed by atoms with E-state index in [1.54, 1.807) is 49.5 Å². The Balaban J connectivity index is 1.46. The Morgan fingerprint density at radius 2 is 1.88 bits per heavy atom. The standard InChI is InChI=1S/C21H21ClN6O5/c1-27(10-11-32-16-8-6-15(22)7-9-16)20(30)13-33-21(31)17-4-2-3-5-18(17)24-19(29)12-28-14-23-25-26-28/h2-9,14H,10-13H2,1H3,(H,24,29). The van der Waals surface area contributed by atoms with Gasteiger partial charge < -0.3 is 19.7 Å². The molecule has 0 bridgehead atoms. The van der Waals surface area contributed by atoms with Gasteiger partial charge in [0.2, 0.25) is 5.91 Å². The van der Waals surface area contributed by atoms with E-state index in [0.717, 1.165) is 0 Å². The Morgan fingerprint density at radius 1 is 1.12 bits per heavy atom. The minimum atomic E-state index is -0.743. The number of nitrogens with one attached hydrogen (secondary N) is 1. The summed E-state index contributed by atoms with van der Waals surface area (Å²) in [7, 11) is 1.58. The SMILES string of the molecule is CN(CCOc1ccc(Cl)cc1)C(=O)COC(=O)c1ccccc1NC(=O)Cn1cnnn1. The summed E-state index contributed by atoms with van der Waals surface area (Å²) < 4.78 is 11.9. The fraction of sp³-hybridized carbons (Fsp3) is 0.238. The Labute approximate surface area is 194 Å². The molecule has 0 atom stereocenters. The maximum Gasteiger partial charge on any atom is 0.340 e.